The fourth-order valence-corrected chi connectivity index (χ4v) is 0.314. The van der Waals surface area contributed by atoms with E-state index < -0.39 is 0 Å². The molecule has 0 aromatic carbocycles. The van der Waals surface area contributed by atoms with Gasteiger partial charge in [0.2, 0.25) is 0 Å². The van der Waals surface area contributed by atoms with Crippen molar-refractivity contribution >= 4 is 5.78 Å². The number of carbonyl (C=O) groups is 1. The lowest BCUT2D eigenvalue weighted by molar-refractivity contribution is -0.117. The van der Waals surface area contributed by atoms with Crippen LogP contribution < -0.4 is 5.73 Å². The lowest BCUT2D eigenvalue weighted by Crippen LogP contribution is -2.12. The van der Waals surface area contributed by atoms with Gasteiger partial charge in [-0.25, -0.2) is 0 Å². The third kappa shape index (κ3) is 3.38. The Balaban J connectivity index is 3.15. The molecule has 2 nitrogen and oxygen atoms in total. The Morgan fingerprint density at radius 2 is 2.38 bits per heavy atom. The molecule has 44 valence electrons. The van der Waals surface area contributed by atoms with E-state index in [2.05, 4.69) is 5.92 Å². The molecule has 0 radical (unpaired) electrons. The number of ketones is 1. The number of rotatable bonds is 3. The third-order valence-electron chi connectivity index (χ3n) is 0.776. The van der Waals surface area contributed by atoms with Gasteiger partial charge in [0.15, 0.2) is 0 Å². The maximum Gasteiger partial charge on any atom is 0.147 e. The van der Waals surface area contributed by atoms with E-state index in [1.165, 1.54) is 0 Å². The van der Waals surface area contributed by atoms with E-state index in [9.17, 15) is 4.79 Å². The number of Topliss-reactive ketones (excluding diaryl/α,β-unsaturated/α-hetero) is 1. The fourth-order valence-electron chi connectivity index (χ4n) is 0.314. The number of carbonyl (C=O) groups excluding carboxylic acids is 1. The molecular formula is C6H9NO. The second-order valence-electron chi connectivity index (χ2n) is 1.45. The summed E-state index contributed by atoms with van der Waals surface area (Å²) < 4.78 is 0. The zero-order chi connectivity index (χ0) is 6.41. The van der Waals surface area contributed by atoms with Crippen LogP contribution in [0.15, 0.2) is 0 Å². The third-order valence-corrected chi connectivity index (χ3v) is 0.776. The van der Waals surface area contributed by atoms with Crippen LogP contribution >= 0.6 is 0 Å². The lowest BCUT2D eigenvalue weighted by atomic mass is 10.2. The Morgan fingerprint density at radius 3 is 2.75 bits per heavy atom. The van der Waals surface area contributed by atoms with E-state index in [0.29, 0.717) is 12.8 Å². The molecule has 0 unspecified atom stereocenters. The Bertz CT molecular complexity index is 112. The number of hydrogen-bond donors (Lipinski definition) is 1. The molecular weight excluding hydrogens is 102 g/mol. The van der Waals surface area contributed by atoms with Crippen molar-refractivity contribution < 1.29 is 4.79 Å². The van der Waals surface area contributed by atoms with E-state index in [-0.39, 0.29) is 12.3 Å². The minimum absolute atomic E-state index is 0.0305. The molecule has 2 heteroatoms. The minimum Gasteiger partial charge on any atom is -0.324 e. The largest absolute Gasteiger partial charge is 0.324 e. The molecule has 0 aliphatic heterocycles. The van der Waals surface area contributed by atoms with E-state index in [1.54, 1.807) is 0 Å². The predicted octanol–water partition coefficient (Wildman–Crippen LogP) is -0.0724. The van der Waals surface area contributed by atoms with Crippen LogP contribution in [0.1, 0.15) is 12.8 Å². The van der Waals surface area contributed by atoms with Crippen molar-refractivity contribution in [2.75, 3.05) is 6.54 Å². The number of nitrogens with two attached hydrogens (primary N) is 1. The minimum atomic E-state index is 0.0305. The highest BCUT2D eigenvalue weighted by Gasteiger charge is 1.93. The summed E-state index contributed by atoms with van der Waals surface area (Å²) in [6.45, 7) is 0.113. The predicted molar refractivity (Wildman–Crippen MR) is 32.1 cm³/mol. The molecule has 0 heterocycles. The maximum absolute atomic E-state index is 10.4. The molecule has 0 rings (SSSR count). The highest BCUT2D eigenvalue weighted by atomic mass is 16.1. The van der Waals surface area contributed by atoms with Gasteiger partial charge < -0.3 is 5.73 Å². The standard InChI is InChI=1S/C6H9NO/c1-2-3-4-6(8)5-7/h1H,3-5,7H2. The summed E-state index contributed by atoms with van der Waals surface area (Å²) in [6, 6.07) is 0. The van der Waals surface area contributed by atoms with Gasteiger partial charge in [-0.2, -0.15) is 0 Å². The Hall–Kier alpha value is -0.810. The summed E-state index contributed by atoms with van der Waals surface area (Å²) in [5.74, 6) is 2.39. The van der Waals surface area contributed by atoms with E-state index in [4.69, 9.17) is 12.2 Å². The Labute approximate surface area is 49.1 Å². The van der Waals surface area contributed by atoms with Crippen molar-refractivity contribution in [3.05, 3.63) is 0 Å². The highest BCUT2D eigenvalue weighted by molar-refractivity contribution is 5.80. The average Bonchev–Trinajstić information content (AvgIpc) is 1.83. The molecule has 0 aromatic heterocycles. The average molecular weight is 111 g/mol. The van der Waals surface area contributed by atoms with Crippen LogP contribution in [0.25, 0.3) is 0 Å². The lowest BCUT2D eigenvalue weighted by Gasteiger charge is -1.87. The topological polar surface area (TPSA) is 43.1 Å². The first kappa shape index (κ1) is 7.19. The van der Waals surface area contributed by atoms with Gasteiger partial charge in [0.1, 0.15) is 5.78 Å². The van der Waals surface area contributed by atoms with Crippen LogP contribution in [0.5, 0.6) is 0 Å². The van der Waals surface area contributed by atoms with Crippen molar-refractivity contribution in [3.63, 3.8) is 0 Å². The maximum atomic E-state index is 10.4. The molecule has 0 atom stereocenters. The molecule has 2 N–H and O–H groups in total. The van der Waals surface area contributed by atoms with Crippen molar-refractivity contribution in [1.82, 2.24) is 0 Å². The molecule has 0 spiro atoms. The molecule has 0 fully saturated rings. The smallest absolute Gasteiger partial charge is 0.147 e. The van der Waals surface area contributed by atoms with Crippen molar-refractivity contribution in [2.45, 2.75) is 12.8 Å². The van der Waals surface area contributed by atoms with Gasteiger partial charge in [-0.05, 0) is 0 Å². The van der Waals surface area contributed by atoms with Gasteiger partial charge in [0, 0.05) is 12.8 Å². The molecule has 0 aliphatic carbocycles. The summed E-state index contributed by atoms with van der Waals surface area (Å²) in [4.78, 5) is 10.4. The Morgan fingerprint density at radius 1 is 1.75 bits per heavy atom. The van der Waals surface area contributed by atoms with E-state index >= 15 is 0 Å². The molecule has 8 heavy (non-hydrogen) atoms. The molecule has 0 aliphatic rings. The van der Waals surface area contributed by atoms with Crippen LogP contribution in [0, 0.1) is 12.3 Å². The van der Waals surface area contributed by atoms with Gasteiger partial charge in [-0.1, -0.05) is 0 Å². The summed E-state index contributed by atoms with van der Waals surface area (Å²) in [7, 11) is 0. The van der Waals surface area contributed by atoms with Gasteiger partial charge in [0.25, 0.3) is 0 Å². The normalized spacial score (nSPS) is 8.00. The zero-order valence-electron chi connectivity index (χ0n) is 4.68. The summed E-state index contributed by atoms with van der Waals surface area (Å²) in [5.41, 5.74) is 4.99. The van der Waals surface area contributed by atoms with Gasteiger partial charge in [0.05, 0.1) is 6.54 Å². The molecule has 0 amide bonds. The van der Waals surface area contributed by atoms with Crippen LogP contribution in [-0.4, -0.2) is 12.3 Å². The Kier molecular flexibility index (Phi) is 3.91. The number of terminal acetylenes is 1. The summed E-state index contributed by atoms with van der Waals surface area (Å²) in [5, 5.41) is 0. The van der Waals surface area contributed by atoms with Crippen molar-refractivity contribution in [2.24, 2.45) is 5.73 Å². The van der Waals surface area contributed by atoms with E-state index in [0.717, 1.165) is 0 Å². The first-order valence-electron chi connectivity index (χ1n) is 2.46. The van der Waals surface area contributed by atoms with Gasteiger partial charge in [-0.3, -0.25) is 4.79 Å². The zero-order valence-corrected chi connectivity index (χ0v) is 4.68. The SMILES string of the molecule is C#CCCC(=O)CN. The van der Waals surface area contributed by atoms with Gasteiger partial charge >= 0.3 is 0 Å². The summed E-state index contributed by atoms with van der Waals surface area (Å²) >= 11 is 0. The van der Waals surface area contributed by atoms with Gasteiger partial charge in [-0.15, -0.1) is 12.3 Å². The molecule has 0 saturated heterocycles. The molecule has 0 bridgehead atoms. The summed E-state index contributed by atoms with van der Waals surface area (Å²) in [6.07, 6.45) is 5.82. The monoisotopic (exact) mass is 111 g/mol. The molecule has 0 saturated carbocycles. The van der Waals surface area contributed by atoms with Crippen LogP contribution in [0.4, 0.5) is 0 Å². The first-order chi connectivity index (χ1) is 3.81. The first-order valence-corrected chi connectivity index (χ1v) is 2.46. The highest BCUT2D eigenvalue weighted by Crippen LogP contribution is 1.84. The second kappa shape index (κ2) is 4.35. The van der Waals surface area contributed by atoms with Crippen LogP contribution in [0.3, 0.4) is 0 Å². The molecule has 0 aromatic rings. The number of hydrogen-bond acceptors (Lipinski definition) is 2. The van der Waals surface area contributed by atoms with Crippen molar-refractivity contribution in [1.29, 1.82) is 0 Å². The quantitative estimate of drug-likeness (QED) is 0.518. The fraction of sp³-hybridized carbons (Fsp3) is 0.500. The van der Waals surface area contributed by atoms with Crippen molar-refractivity contribution in [3.8, 4) is 12.3 Å². The van der Waals surface area contributed by atoms with E-state index in [1.807, 2.05) is 0 Å². The second-order valence-corrected chi connectivity index (χ2v) is 1.45. The van der Waals surface area contributed by atoms with Crippen LogP contribution in [0.2, 0.25) is 0 Å². The van der Waals surface area contributed by atoms with Crippen LogP contribution in [-0.2, 0) is 4.79 Å².